The predicted molar refractivity (Wildman–Crippen MR) is 126 cm³/mol. The van der Waals surface area contributed by atoms with Gasteiger partial charge in [0.1, 0.15) is 6.33 Å². The zero-order valence-corrected chi connectivity index (χ0v) is 18.9. The minimum atomic E-state index is 0.354. The zero-order valence-electron chi connectivity index (χ0n) is 18.9. The Balaban J connectivity index is 1.36. The van der Waals surface area contributed by atoms with Crippen LogP contribution in [0.3, 0.4) is 0 Å². The predicted octanol–water partition coefficient (Wildman–Crippen LogP) is 4.28. The molecule has 3 heterocycles. The van der Waals surface area contributed by atoms with Gasteiger partial charge in [0.05, 0.1) is 25.0 Å². The van der Waals surface area contributed by atoms with Gasteiger partial charge in [-0.1, -0.05) is 39.0 Å². The number of anilines is 1. The molecule has 5 rings (SSSR count). The summed E-state index contributed by atoms with van der Waals surface area (Å²) in [6, 6.07) is 11.6. The van der Waals surface area contributed by atoms with Crippen molar-refractivity contribution in [2.45, 2.75) is 46.5 Å². The number of para-hydroxylation sites is 1. The van der Waals surface area contributed by atoms with Crippen LogP contribution in [-0.4, -0.2) is 40.8 Å². The van der Waals surface area contributed by atoms with E-state index in [4.69, 9.17) is 9.97 Å². The van der Waals surface area contributed by atoms with Gasteiger partial charge in [0, 0.05) is 42.3 Å². The average molecular weight is 415 g/mol. The molecule has 1 fully saturated rings. The Labute approximate surface area is 185 Å². The van der Waals surface area contributed by atoms with Crippen LogP contribution in [0.25, 0.3) is 11.3 Å². The van der Waals surface area contributed by atoms with Gasteiger partial charge >= 0.3 is 0 Å². The van der Waals surface area contributed by atoms with Gasteiger partial charge in [0.25, 0.3) is 0 Å². The van der Waals surface area contributed by atoms with Crippen molar-refractivity contribution in [3.05, 3.63) is 65.9 Å². The molecule has 1 aromatic carbocycles. The lowest BCUT2D eigenvalue weighted by Crippen LogP contribution is -2.50. The van der Waals surface area contributed by atoms with E-state index >= 15 is 0 Å². The first-order valence-electron chi connectivity index (χ1n) is 11.5. The number of piperazine rings is 1. The molecule has 5 nitrogen and oxygen atoms in total. The molecule has 1 aliphatic heterocycles. The Morgan fingerprint density at radius 1 is 1.06 bits per heavy atom. The van der Waals surface area contributed by atoms with Crippen LogP contribution in [-0.2, 0) is 19.3 Å². The second-order valence-corrected chi connectivity index (χ2v) is 9.60. The molecule has 2 aromatic heterocycles. The first-order chi connectivity index (χ1) is 15.0. The molecule has 3 aromatic rings. The van der Waals surface area contributed by atoms with E-state index in [1.807, 2.05) is 18.5 Å². The van der Waals surface area contributed by atoms with Crippen LogP contribution in [0.4, 0.5) is 5.69 Å². The SMILES string of the molecule is CCc1ncc(-c2cn(N3CCN(c4[c]cccc4)CC3)cn2)c2c1CC(C)(C)CC2. The van der Waals surface area contributed by atoms with Crippen molar-refractivity contribution in [2.24, 2.45) is 5.41 Å². The minimum absolute atomic E-state index is 0.354. The maximum Gasteiger partial charge on any atom is 0.115 e. The van der Waals surface area contributed by atoms with Gasteiger partial charge in [0.15, 0.2) is 0 Å². The Bertz CT molecular complexity index is 1040. The van der Waals surface area contributed by atoms with E-state index in [0.717, 1.165) is 51.1 Å². The van der Waals surface area contributed by atoms with Crippen LogP contribution < -0.4 is 9.91 Å². The monoisotopic (exact) mass is 414 g/mol. The van der Waals surface area contributed by atoms with Crippen molar-refractivity contribution in [3.8, 4) is 11.3 Å². The summed E-state index contributed by atoms with van der Waals surface area (Å²) < 4.78 is 2.17. The lowest BCUT2D eigenvalue weighted by molar-refractivity contribution is 0.314. The van der Waals surface area contributed by atoms with Crippen LogP contribution in [0.5, 0.6) is 0 Å². The molecular formula is C26H32N5. The summed E-state index contributed by atoms with van der Waals surface area (Å²) >= 11 is 0. The fourth-order valence-electron chi connectivity index (χ4n) is 5.04. The van der Waals surface area contributed by atoms with Gasteiger partial charge in [-0.2, -0.15) is 0 Å². The summed E-state index contributed by atoms with van der Waals surface area (Å²) in [6.07, 6.45) is 10.7. The summed E-state index contributed by atoms with van der Waals surface area (Å²) in [5.74, 6) is 0. The highest BCUT2D eigenvalue weighted by atomic mass is 15.6. The molecule has 5 heteroatoms. The van der Waals surface area contributed by atoms with E-state index in [-0.39, 0.29) is 0 Å². The van der Waals surface area contributed by atoms with Crippen molar-refractivity contribution in [1.29, 1.82) is 0 Å². The maximum atomic E-state index is 4.84. The van der Waals surface area contributed by atoms with E-state index < -0.39 is 0 Å². The molecule has 1 aliphatic carbocycles. The number of imidazole rings is 1. The molecular weight excluding hydrogens is 382 g/mol. The van der Waals surface area contributed by atoms with E-state index in [9.17, 15) is 0 Å². The summed E-state index contributed by atoms with van der Waals surface area (Å²) in [4.78, 5) is 12.0. The number of pyridine rings is 1. The topological polar surface area (TPSA) is 37.2 Å². The van der Waals surface area contributed by atoms with E-state index in [1.165, 1.54) is 34.5 Å². The van der Waals surface area contributed by atoms with Crippen LogP contribution in [0.15, 0.2) is 43.0 Å². The van der Waals surface area contributed by atoms with Gasteiger partial charge in [-0.05, 0) is 48.3 Å². The van der Waals surface area contributed by atoms with Crippen LogP contribution >= 0.6 is 0 Å². The molecule has 0 unspecified atom stereocenters. The molecule has 2 aliphatic rings. The standard InChI is InChI=1S/C26H32N5/c1-4-24-22-16-26(2,3)11-10-21(22)23(17-27-24)25-18-31(19-28-25)30-14-12-29(13-15-30)20-8-6-5-7-9-20/h5-8,17-19H,4,10-16H2,1-3H3. The maximum absolute atomic E-state index is 4.84. The third-order valence-corrected chi connectivity index (χ3v) is 6.89. The second-order valence-electron chi connectivity index (χ2n) is 9.60. The third kappa shape index (κ3) is 3.93. The van der Waals surface area contributed by atoms with Crippen molar-refractivity contribution in [2.75, 3.05) is 36.1 Å². The molecule has 0 amide bonds. The highest BCUT2D eigenvalue weighted by Crippen LogP contribution is 2.39. The van der Waals surface area contributed by atoms with E-state index in [2.05, 4.69) is 65.9 Å². The van der Waals surface area contributed by atoms with Crippen molar-refractivity contribution in [1.82, 2.24) is 14.6 Å². The summed E-state index contributed by atoms with van der Waals surface area (Å²) in [6.45, 7) is 10.9. The lowest BCUT2D eigenvalue weighted by atomic mass is 9.72. The normalized spacial score (nSPS) is 18.2. The lowest BCUT2D eigenvalue weighted by Gasteiger charge is -2.37. The van der Waals surface area contributed by atoms with Gasteiger partial charge < -0.3 is 9.91 Å². The Morgan fingerprint density at radius 2 is 1.90 bits per heavy atom. The molecule has 0 saturated carbocycles. The van der Waals surface area contributed by atoms with Crippen molar-refractivity contribution >= 4 is 5.69 Å². The minimum Gasteiger partial charge on any atom is -0.367 e. The largest absolute Gasteiger partial charge is 0.367 e. The van der Waals surface area contributed by atoms with Gasteiger partial charge in [-0.25, -0.2) is 4.98 Å². The number of nitrogens with zero attached hydrogens (tertiary/aromatic N) is 5. The number of hydrogen-bond acceptors (Lipinski definition) is 4. The molecule has 0 N–H and O–H groups in total. The Hall–Kier alpha value is -2.82. The molecule has 31 heavy (non-hydrogen) atoms. The van der Waals surface area contributed by atoms with Gasteiger partial charge in [-0.3, -0.25) is 9.66 Å². The number of fused-ring (bicyclic) bond motifs is 1. The number of hydrogen-bond donors (Lipinski definition) is 0. The van der Waals surface area contributed by atoms with Gasteiger partial charge in [0.2, 0.25) is 0 Å². The molecule has 1 saturated heterocycles. The van der Waals surface area contributed by atoms with Crippen molar-refractivity contribution < 1.29 is 0 Å². The van der Waals surface area contributed by atoms with Crippen molar-refractivity contribution in [3.63, 3.8) is 0 Å². The highest BCUT2D eigenvalue weighted by Gasteiger charge is 2.29. The highest BCUT2D eigenvalue weighted by molar-refractivity contribution is 5.65. The van der Waals surface area contributed by atoms with Crippen LogP contribution in [0, 0.1) is 11.5 Å². The Kier molecular flexibility index (Phi) is 5.20. The second kappa shape index (κ2) is 8.03. The molecule has 0 bridgehead atoms. The fraction of sp³-hybridized carbons (Fsp3) is 0.462. The smallest absolute Gasteiger partial charge is 0.115 e. The van der Waals surface area contributed by atoms with Crippen LogP contribution in [0.1, 0.15) is 44.0 Å². The molecule has 161 valence electrons. The number of aryl methyl sites for hydroxylation is 1. The average Bonchev–Trinajstić information content (AvgIpc) is 3.28. The zero-order chi connectivity index (χ0) is 21.4. The summed E-state index contributed by atoms with van der Waals surface area (Å²) in [5, 5.41) is 2.37. The van der Waals surface area contributed by atoms with Gasteiger partial charge in [-0.15, -0.1) is 0 Å². The number of aromatic nitrogens is 3. The van der Waals surface area contributed by atoms with E-state index in [0.29, 0.717) is 5.41 Å². The first-order valence-corrected chi connectivity index (χ1v) is 11.5. The molecule has 1 radical (unpaired) electrons. The van der Waals surface area contributed by atoms with Crippen LogP contribution in [0.2, 0.25) is 0 Å². The fourth-order valence-corrected chi connectivity index (χ4v) is 5.04. The summed E-state index contributed by atoms with van der Waals surface area (Å²) in [7, 11) is 0. The number of rotatable bonds is 4. The summed E-state index contributed by atoms with van der Waals surface area (Å²) in [5.41, 5.74) is 8.01. The first kappa shape index (κ1) is 20.1. The number of benzene rings is 1. The molecule has 0 spiro atoms. The van der Waals surface area contributed by atoms with E-state index in [1.54, 1.807) is 0 Å². The Morgan fingerprint density at radius 3 is 2.65 bits per heavy atom. The quantitative estimate of drug-likeness (QED) is 0.639. The molecule has 0 atom stereocenters. The third-order valence-electron chi connectivity index (χ3n) is 6.89.